The second-order valence-electron chi connectivity index (χ2n) is 5.71. The monoisotopic (exact) mass is 328 g/mol. The number of benzene rings is 1. The molecule has 1 amide bonds. The van der Waals surface area contributed by atoms with E-state index in [0.717, 1.165) is 12.8 Å². The van der Waals surface area contributed by atoms with Crippen LogP contribution in [0.1, 0.15) is 43.0 Å². The van der Waals surface area contributed by atoms with E-state index >= 15 is 0 Å². The number of hydrogen-bond donors (Lipinski definition) is 2. The van der Waals surface area contributed by atoms with Crippen molar-refractivity contribution in [1.82, 2.24) is 5.32 Å². The number of rotatable bonds is 3. The van der Waals surface area contributed by atoms with Gasteiger partial charge in [-0.25, -0.2) is 4.39 Å². The zero-order valence-electron chi connectivity index (χ0n) is 11.8. The molecule has 0 aliphatic heterocycles. The van der Waals surface area contributed by atoms with Gasteiger partial charge in [-0.2, -0.15) is 0 Å². The van der Waals surface area contributed by atoms with Crippen molar-refractivity contribution in [2.45, 2.75) is 38.1 Å². The lowest BCUT2D eigenvalue weighted by atomic mass is 9.77. The topological polar surface area (TPSA) is 55.1 Å². The van der Waals surface area contributed by atoms with E-state index in [2.05, 4.69) is 12.2 Å². The Balaban J connectivity index is 2.23. The van der Waals surface area contributed by atoms with Gasteiger partial charge in [-0.05, 0) is 49.8 Å². The molecule has 0 bridgehead atoms. The fourth-order valence-electron chi connectivity index (χ4n) is 2.64. The van der Waals surface area contributed by atoms with Crippen molar-refractivity contribution >= 4 is 34.7 Å². The molecule has 1 fully saturated rings. The van der Waals surface area contributed by atoms with Crippen molar-refractivity contribution < 1.29 is 9.18 Å². The van der Waals surface area contributed by atoms with Crippen LogP contribution in [0.5, 0.6) is 0 Å². The van der Waals surface area contributed by atoms with Gasteiger partial charge in [-0.3, -0.25) is 4.79 Å². The first-order valence-corrected chi connectivity index (χ1v) is 7.70. The van der Waals surface area contributed by atoms with Gasteiger partial charge in [-0.1, -0.05) is 30.7 Å². The molecule has 3 N–H and O–H groups in total. The molecule has 0 heterocycles. The molecule has 21 heavy (non-hydrogen) atoms. The summed E-state index contributed by atoms with van der Waals surface area (Å²) in [5.41, 5.74) is 5.02. The third-order valence-electron chi connectivity index (χ3n) is 4.13. The van der Waals surface area contributed by atoms with Crippen LogP contribution in [0, 0.1) is 11.7 Å². The number of halogens is 2. The number of nitrogens with one attached hydrogen (secondary N) is 1. The lowest BCUT2D eigenvalue weighted by Crippen LogP contribution is -2.58. The molecule has 1 aliphatic carbocycles. The van der Waals surface area contributed by atoms with Gasteiger partial charge in [0.25, 0.3) is 5.91 Å². The first kappa shape index (κ1) is 16.2. The Labute approximate surface area is 134 Å². The Morgan fingerprint density at radius 3 is 2.67 bits per heavy atom. The first-order chi connectivity index (χ1) is 9.84. The molecule has 1 aromatic rings. The van der Waals surface area contributed by atoms with Crippen LogP contribution in [0.4, 0.5) is 4.39 Å². The zero-order chi connectivity index (χ0) is 15.6. The summed E-state index contributed by atoms with van der Waals surface area (Å²) < 4.78 is 13.8. The lowest BCUT2D eigenvalue weighted by Gasteiger charge is -2.39. The average molecular weight is 329 g/mol. The molecular formula is C15H18ClFN2OS. The summed E-state index contributed by atoms with van der Waals surface area (Å²) in [6.07, 6.45) is 3.21. The predicted octanol–water partition coefficient (Wildman–Crippen LogP) is 3.44. The van der Waals surface area contributed by atoms with Gasteiger partial charge in [0.2, 0.25) is 0 Å². The zero-order valence-corrected chi connectivity index (χ0v) is 13.4. The molecule has 1 aromatic carbocycles. The van der Waals surface area contributed by atoms with E-state index in [1.807, 2.05) is 0 Å². The Morgan fingerprint density at radius 2 is 2.10 bits per heavy atom. The second kappa shape index (κ2) is 6.28. The Bertz CT molecular complexity index is 571. The van der Waals surface area contributed by atoms with Crippen LogP contribution in [0.15, 0.2) is 18.2 Å². The minimum atomic E-state index is -0.728. The van der Waals surface area contributed by atoms with E-state index in [1.165, 1.54) is 18.2 Å². The number of hydrogen-bond acceptors (Lipinski definition) is 2. The van der Waals surface area contributed by atoms with Crippen LogP contribution in [0.3, 0.4) is 0 Å². The molecular weight excluding hydrogens is 311 g/mol. The highest BCUT2D eigenvalue weighted by molar-refractivity contribution is 7.80. The smallest absolute Gasteiger partial charge is 0.255 e. The lowest BCUT2D eigenvalue weighted by molar-refractivity contribution is 0.0896. The molecule has 3 nitrogen and oxygen atoms in total. The Hall–Kier alpha value is -1.20. The van der Waals surface area contributed by atoms with Crippen molar-refractivity contribution in [2.75, 3.05) is 0 Å². The molecule has 6 heteroatoms. The van der Waals surface area contributed by atoms with Crippen LogP contribution >= 0.6 is 23.8 Å². The highest BCUT2D eigenvalue weighted by Crippen LogP contribution is 2.32. The number of amides is 1. The third-order valence-corrected chi connectivity index (χ3v) is 4.75. The normalized spacial score (nSPS) is 25.4. The van der Waals surface area contributed by atoms with Gasteiger partial charge in [-0.15, -0.1) is 0 Å². The maximum Gasteiger partial charge on any atom is 0.255 e. The van der Waals surface area contributed by atoms with Gasteiger partial charge in [0, 0.05) is 5.02 Å². The molecule has 0 atom stereocenters. The van der Waals surface area contributed by atoms with E-state index < -0.39 is 17.3 Å². The minimum Gasteiger partial charge on any atom is -0.391 e. The number of nitrogens with two attached hydrogens (primary N) is 1. The van der Waals surface area contributed by atoms with E-state index in [4.69, 9.17) is 29.6 Å². The molecule has 0 spiro atoms. The van der Waals surface area contributed by atoms with E-state index in [1.54, 1.807) is 0 Å². The van der Waals surface area contributed by atoms with Gasteiger partial charge in [0.1, 0.15) is 5.82 Å². The molecule has 0 saturated heterocycles. The van der Waals surface area contributed by atoms with Crippen molar-refractivity contribution in [3.63, 3.8) is 0 Å². The molecule has 1 aliphatic rings. The molecule has 0 radical (unpaired) electrons. The predicted molar refractivity (Wildman–Crippen MR) is 86.0 cm³/mol. The molecule has 1 saturated carbocycles. The molecule has 2 rings (SSSR count). The largest absolute Gasteiger partial charge is 0.391 e. The van der Waals surface area contributed by atoms with Crippen LogP contribution < -0.4 is 11.1 Å². The molecule has 0 aromatic heterocycles. The summed E-state index contributed by atoms with van der Waals surface area (Å²) in [5.74, 6) is -0.566. The third kappa shape index (κ3) is 3.52. The van der Waals surface area contributed by atoms with Gasteiger partial charge in [0.15, 0.2) is 0 Å². The summed E-state index contributed by atoms with van der Waals surface area (Å²) in [4.78, 5) is 12.6. The Kier molecular flexibility index (Phi) is 4.84. The van der Waals surface area contributed by atoms with Crippen LogP contribution in [0.25, 0.3) is 0 Å². The summed E-state index contributed by atoms with van der Waals surface area (Å²) in [6.45, 7) is 2.15. The number of thiocarbonyl (C=S) groups is 1. The summed E-state index contributed by atoms with van der Waals surface area (Å²) >= 11 is 11.0. The number of carbonyl (C=O) groups excluding carboxylic acids is 1. The van der Waals surface area contributed by atoms with E-state index in [9.17, 15) is 9.18 Å². The molecule has 114 valence electrons. The highest BCUT2D eigenvalue weighted by atomic mass is 35.5. The summed E-state index contributed by atoms with van der Waals surface area (Å²) in [6, 6.07) is 3.89. The van der Waals surface area contributed by atoms with Crippen molar-refractivity contribution in [2.24, 2.45) is 11.7 Å². The molecule has 0 unspecified atom stereocenters. The van der Waals surface area contributed by atoms with Crippen LogP contribution in [-0.2, 0) is 0 Å². The van der Waals surface area contributed by atoms with E-state index in [-0.39, 0.29) is 10.6 Å². The SMILES string of the molecule is CC1CCC(NC(=O)c2cc(Cl)ccc2F)(C(N)=S)CC1. The van der Waals surface area contributed by atoms with Crippen LogP contribution in [-0.4, -0.2) is 16.4 Å². The number of carbonyl (C=O) groups is 1. The summed E-state index contributed by atoms with van der Waals surface area (Å²) in [7, 11) is 0. The minimum absolute atomic E-state index is 0.0863. The van der Waals surface area contributed by atoms with Gasteiger partial charge in [0.05, 0.1) is 16.1 Å². The maximum absolute atomic E-state index is 13.8. The second-order valence-corrected chi connectivity index (χ2v) is 6.58. The maximum atomic E-state index is 13.8. The fraction of sp³-hybridized carbons (Fsp3) is 0.467. The fourth-order valence-corrected chi connectivity index (χ4v) is 3.07. The van der Waals surface area contributed by atoms with Crippen molar-refractivity contribution in [3.8, 4) is 0 Å². The standard InChI is InChI=1S/C15H18ClFN2OS/c1-9-4-6-15(7-5-9,14(18)21)19-13(20)11-8-10(16)2-3-12(11)17/h2-3,8-9H,4-7H2,1H3,(H2,18,21)(H,19,20). The van der Waals surface area contributed by atoms with Crippen molar-refractivity contribution in [3.05, 3.63) is 34.6 Å². The average Bonchev–Trinajstić information content (AvgIpc) is 2.44. The summed E-state index contributed by atoms with van der Waals surface area (Å²) in [5, 5.41) is 3.14. The van der Waals surface area contributed by atoms with Gasteiger partial charge < -0.3 is 11.1 Å². The first-order valence-electron chi connectivity index (χ1n) is 6.91. The highest BCUT2D eigenvalue weighted by Gasteiger charge is 2.38. The quantitative estimate of drug-likeness (QED) is 0.836. The van der Waals surface area contributed by atoms with E-state index in [0.29, 0.717) is 23.8 Å². The van der Waals surface area contributed by atoms with Gasteiger partial charge >= 0.3 is 0 Å². The Morgan fingerprint density at radius 1 is 1.48 bits per heavy atom. The van der Waals surface area contributed by atoms with Crippen LogP contribution in [0.2, 0.25) is 5.02 Å². The van der Waals surface area contributed by atoms with Crippen molar-refractivity contribution in [1.29, 1.82) is 0 Å².